The summed E-state index contributed by atoms with van der Waals surface area (Å²) in [5.41, 5.74) is 2.65. The number of nitrogens with two attached hydrogens (primary N) is 1. The summed E-state index contributed by atoms with van der Waals surface area (Å²) in [5.74, 6) is -2.23. The summed E-state index contributed by atoms with van der Waals surface area (Å²) < 4.78 is 82.1. The average Bonchev–Trinajstić information content (AvgIpc) is 3.42. The van der Waals surface area contributed by atoms with Gasteiger partial charge in [0, 0.05) is 36.8 Å². The van der Waals surface area contributed by atoms with Crippen LogP contribution in [-0.2, 0) is 26.4 Å². The summed E-state index contributed by atoms with van der Waals surface area (Å²) in [6, 6.07) is 1.24. The largest absolute Gasteiger partial charge is 0.433 e. The second kappa shape index (κ2) is 8.32. The lowest BCUT2D eigenvalue weighted by molar-refractivity contribution is -0.143. The molecular weight excluding hydrogens is 516 g/mol. The van der Waals surface area contributed by atoms with Gasteiger partial charge >= 0.3 is 12.4 Å². The van der Waals surface area contributed by atoms with Crippen molar-refractivity contribution >= 4 is 39.1 Å². The molecule has 0 spiro atoms. The van der Waals surface area contributed by atoms with Crippen LogP contribution < -0.4 is 11.1 Å². The molecule has 4 aromatic heterocycles. The van der Waals surface area contributed by atoms with E-state index < -0.39 is 41.2 Å². The minimum absolute atomic E-state index is 0.0572. The fourth-order valence-corrected chi connectivity index (χ4v) is 4.54. The number of aromatic nitrogens is 5. The summed E-state index contributed by atoms with van der Waals surface area (Å²) >= 11 is 0.500. The Kier molecular flexibility index (Phi) is 5.81. The van der Waals surface area contributed by atoms with Gasteiger partial charge in [0.05, 0.1) is 11.9 Å². The van der Waals surface area contributed by atoms with Gasteiger partial charge in [-0.2, -0.15) is 36.5 Å². The van der Waals surface area contributed by atoms with E-state index in [1.807, 2.05) is 0 Å². The number of hydrogen-bond acceptors (Lipinski definition) is 6. The summed E-state index contributed by atoms with van der Waals surface area (Å²) in [6.45, 7) is 1.59. The van der Waals surface area contributed by atoms with E-state index in [9.17, 15) is 35.9 Å². The topological polar surface area (TPSA) is 121 Å². The highest BCUT2D eigenvalue weighted by Crippen LogP contribution is 2.44. The third kappa shape index (κ3) is 4.27. The number of anilines is 1. The van der Waals surface area contributed by atoms with Crippen LogP contribution in [0, 0.1) is 6.92 Å². The summed E-state index contributed by atoms with van der Waals surface area (Å²) in [5, 5.41) is 9.82. The van der Waals surface area contributed by atoms with Crippen molar-refractivity contribution in [2.24, 2.45) is 19.8 Å². The second-order valence-corrected chi connectivity index (χ2v) is 8.66. The molecule has 0 saturated heterocycles. The zero-order valence-corrected chi connectivity index (χ0v) is 19.4. The number of hydrogen-bond donors (Lipinski definition) is 2. The molecule has 0 atom stereocenters. The highest BCUT2D eigenvalue weighted by molar-refractivity contribution is 7.21. The van der Waals surface area contributed by atoms with Crippen molar-refractivity contribution in [3.63, 3.8) is 0 Å². The van der Waals surface area contributed by atoms with E-state index in [0.717, 1.165) is 13.1 Å². The maximum Gasteiger partial charge on any atom is 0.433 e. The van der Waals surface area contributed by atoms with E-state index >= 15 is 0 Å². The van der Waals surface area contributed by atoms with Crippen LogP contribution in [0.3, 0.4) is 0 Å². The molecule has 4 rings (SSSR count). The number of carbonyl (C=O) groups is 2. The zero-order chi connectivity index (χ0) is 26.7. The molecule has 0 aliphatic rings. The standard InChI is InChI=1S/C20H15F6N7O2S/c1-7-9(6-28-32(7)2)8-4-11(19(21,22)23)29-18-13(8)14(15(36-18)16(27)34)30-17(35)10-5-12(20(24,25)26)33(3)31-10/h4-6H,1-3H3,(H2,27,34)(H,30,35). The predicted octanol–water partition coefficient (Wildman–Crippen LogP) is 4.13. The number of carbonyl (C=O) groups excluding carboxylic acids is 2. The van der Waals surface area contributed by atoms with Crippen molar-refractivity contribution in [1.29, 1.82) is 0 Å². The summed E-state index contributed by atoms with van der Waals surface area (Å²) in [7, 11) is 2.55. The second-order valence-electron chi connectivity index (χ2n) is 7.66. The Hall–Kier alpha value is -3.95. The average molecular weight is 531 g/mol. The van der Waals surface area contributed by atoms with Crippen LogP contribution in [-0.4, -0.2) is 36.4 Å². The maximum atomic E-state index is 13.6. The Balaban J connectivity index is 1.96. The number of thiophene rings is 1. The van der Waals surface area contributed by atoms with E-state index in [1.165, 1.54) is 10.9 Å². The van der Waals surface area contributed by atoms with E-state index in [2.05, 4.69) is 20.5 Å². The van der Waals surface area contributed by atoms with Crippen molar-refractivity contribution < 1.29 is 35.9 Å². The maximum absolute atomic E-state index is 13.6. The molecule has 0 aliphatic heterocycles. The van der Waals surface area contributed by atoms with Crippen molar-refractivity contribution in [3.05, 3.63) is 46.0 Å². The minimum atomic E-state index is -4.85. The van der Waals surface area contributed by atoms with Crippen molar-refractivity contribution in [1.82, 2.24) is 24.5 Å². The number of primary amides is 1. The van der Waals surface area contributed by atoms with Crippen molar-refractivity contribution in [2.75, 3.05) is 5.32 Å². The first-order valence-corrected chi connectivity index (χ1v) is 10.7. The molecule has 36 heavy (non-hydrogen) atoms. The Morgan fingerprint density at radius 3 is 2.19 bits per heavy atom. The molecule has 0 aliphatic carbocycles. The molecule has 2 amide bonds. The fourth-order valence-electron chi connectivity index (χ4n) is 3.53. The zero-order valence-electron chi connectivity index (χ0n) is 18.5. The molecule has 4 aromatic rings. The lowest BCUT2D eigenvalue weighted by Gasteiger charge is -2.12. The first kappa shape index (κ1) is 25.2. The molecule has 9 nitrogen and oxygen atoms in total. The van der Waals surface area contributed by atoms with Gasteiger partial charge in [0.1, 0.15) is 21.1 Å². The first-order chi connectivity index (χ1) is 16.6. The molecule has 0 unspecified atom stereocenters. The van der Waals surface area contributed by atoms with Gasteiger partial charge in [-0.1, -0.05) is 0 Å². The SMILES string of the molecule is Cc1c(-c2cc(C(F)(F)F)nc3sc(C(N)=O)c(NC(=O)c4cc(C(F)(F)F)n(C)n4)c23)cnn1C. The van der Waals surface area contributed by atoms with Crippen LogP contribution in [0.25, 0.3) is 21.3 Å². The summed E-state index contributed by atoms with van der Waals surface area (Å²) in [6.07, 6.45) is -8.34. The van der Waals surface area contributed by atoms with Gasteiger partial charge in [0.15, 0.2) is 5.69 Å². The van der Waals surface area contributed by atoms with E-state index in [0.29, 0.717) is 27.8 Å². The van der Waals surface area contributed by atoms with Crippen LogP contribution in [0.15, 0.2) is 18.3 Å². The molecule has 190 valence electrons. The third-order valence-electron chi connectivity index (χ3n) is 5.34. The molecule has 3 N–H and O–H groups in total. The molecule has 16 heteroatoms. The number of nitrogens with zero attached hydrogens (tertiary/aromatic N) is 5. The van der Waals surface area contributed by atoms with Gasteiger partial charge in [-0.05, 0) is 18.6 Å². The van der Waals surface area contributed by atoms with Gasteiger partial charge in [0.2, 0.25) is 0 Å². The number of rotatable bonds is 4. The molecular formula is C20H15F6N7O2S. The van der Waals surface area contributed by atoms with Crippen molar-refractivity contribution in [3.8, 4) is 11.1 Å². The number of halogens is 6. The van der Waals surface area contributed by atoms with Crippen LogP contribution in [0.5, 0.6) is 0 Å². The normalized spacial score (nSPS) is 12.4. The molecule has 4 heterocycles. The lowest BCUT2D eigenvalue weighted by atomic mass is 10.0. The van der Waals surface area contributed by atoms with Crippen LogP contribution >= 0.6 is 11.3 Å². The number of amides is 2. The van der Waals surface area contributed by atoms with Crippen molar-refractivity contribution in [2.45, 2.75) is 19.3 Å². The monoisotopic (exact) mass is 531 g/mol. The van der Waals surface area contributed by atoms with Crippen LogP contribution in [0.4, 0.5) is 32.0 Å². The first-order valence-electron chi connectivity index (χ1n) is 9.85. The highest BCUT2D eigenvalue weighted by Gasteiger charge is 2.37. The Morgan fingerprint density at radius 1 is 1.03 bits per heavy atom. The lowest BCUT2D eigenvalue weighted by Crippen LogP contribution is -2.17. The van der Waals surface area contributed by atoms with Crippen LogP contribution in [0.1, 0.15) is 37.2 Å². The highest BCUT2D eigenvalue weighted by atomic mass is 32.1. The van der Waals surface area contributed by atoms with E-state index in [4.69, 9.17) is 5.73 Å². The molecule has 0 fully saturated rings. The Labute approximate surface area is 201 Å². The van der Waals surface area contributed by atoms with Gasteiger partial charge in [-0.3, -0.25) is 19.0 Å². The Morgan fingerprint density at radius 2 is 1.69 bits per heavy atom. The van der Waals surface area contributed by atoms with Crippen LogP contribution in [0.2, 0.25) is 0 Å². The number of nitrogens with one attached hydrogen (secondary N) is 1. The summed E-state index contributed by atoms with van der Waals surface area (Å²) in [4.78, 5) is 28.0. The Bertz CT molecular complexity index is 1530. The number of fused-ring (bicyclic) bond motifs is 1. The van der Waals surface area contributed by atoms with Gasteiger partial charge in [-0.25, -0.2) is 4.98 Å². The minimum Gasteiger partial charge on any atom is -0.365 e. The predicted molar refractivity (Wildman–Crippen MR) is 116 cm³/mol. The quantitative estimate of drug-likeness (QED) is 0.384. The fraction of sp³-hybridized carbons (Fsp3) is 0.250. The number of pyridine rings is 1. The van der Waals surface area contributed by atoms with Gasteiger partial charge in [0.25, 0.3) is 11.8 Å². The smallest absolute Gasteiger partial charge is 0.365 e. The number of alkyl halides is 6. The molecule has 0 aromatic carbocycles. The van der Waals surface area contributed by atoms with E-state index in [1.54, 1.807) is 14.0 Å². The molecule has 0 saturated carbocycles. The third-order valence-corrected chi connectivity index (χ3v) is 6.44. The molecule has 0 radical (unpaired) electrons. The van der Waals surface area contributed by atoms with Gasteiger partial charge < -0.3 is 11.1 Å². The van der Waals surface area contributed by atoms with Gasteiger partial charge in [-0.15, -0.1) is 11.3 Å². The van der Waals surface area contributed by atoms with E-state index in [-0.39, 0.29) is 31.9 Å². The number of aryl methyl sites for hydroxylation is 2. The molecule has 0 bridgehead atoms.